The summed E-state index contributed by atoms with van der Waals surface area (Å²) < 4.78 is 85.0. The van der Waals surface area contributed by atoms with Crippen molar-refractivity contribution < 1.29 is 30.5 Å². The average molecular weight is 217 g/mol. The summed E-state index contributed by atoms with van der Waals surface area (Å²) in [5.41, 5.74) is -2.11. The van der Waals surface area contributed by atoms with Crippen molar-refractivity contribution in [1.82, 2.24) is 0 Å². The van der Waals surface area contributed by atoms with Gasteiger partial charge in [0.2, 0.25) is 0 Å². The van der Waals surface area contributed by atoms with Gasteiger partial charge in [-0.1, -0.05) is 5.46 Å². The van der Waals surface area contributed by atoms with Crippen LogP contribution in [0.4, 0.5) is 30.5 Å². The zero-order valence-electron chi connectivity index (χ0n) is 6.30. The van der Waals surface area contributed by atoms with Crippen molar-refractivity contribution >= 4 is 12.4 Å². The summed E-state index contributed by atoms with van der Waals surface area (Å²) in [5, 5.41) is 0. The van der Waals surface area contributed by atoms with Gasteiger partial charge >= 0.3 is 6.98 Å². The van der Waals surface area contributed by atoms with Gasteiger partial charge in [0.15, 0.2) is 17.5 Å². The summed E-state index contributed by atoms with van der Waals surface area (Å²) in [4.78, 5) is 0. The summed E-state index contributed by atoms with van der Waals surface area (Å²) in [7, 11) is 0. The Labute approximate surface area is 73.4 Å². The molecule has 0 heterocycles. The van der Waals surface area contributed by atoms with E-state index in [0.29, 0.717) is 0 Å². The quantitative estimate of drug-likeness (QED) is 0.293. The first kappa shape index (κ1) is 10.9. The molecule has 14 heavy (non-hydrogen) atoms. The second kappa shape index (κ2) is 3.18. The van der Waals surface area contributed by atoms with Gasteiger partial charge in [-0.2, -0.15) is 0 Å². The van der Waals surface area contributed by atoms with Gasteiger partial charge < -0.3 is 12.9 Å². The predicted octanol–water partition coefficient (Wildman–Crippen LogP) is 2.30. The predicted molar refractivity (Wildman–Crippen MR) is 35.0 cm³/mol. The summed E-state index contributed by atoms with van der Waals surface area (Å²) in [5.74, 6) is -9.21. The Balaban J connectivity index is 3.49. The molecule has 0 nitrogen and oxygen atoms in total. The number of benzene rings is 1. The minimum Gasteiger partial charge on any atom is -0.445 e. The molecule has 0 amide bonds. The minimum atomic E-state index is -5.90. The van der Waals surface area contributed by atoms with Gasteiger partial charge in [-0.15, -0.1) is 0 Å². The van der Waals surface area contributed by atoms with Crippen LogP contribution in [-0.2, 0) is 0 Å². The smallest absolute Gasteiger partial charge is 0.445 e. The molecule has 1 aromatic carbocycles. The van der Waals surface area contributed by atoms with E-state index in [1.54, 1.807) is 0 Å². The lowest BCUT2D eigenvalue weighted by Gasteiger charge is -2.16. The van der Waals surface area contributed by atoms with E-state index in [1.807, 2.05) is 0 Å². The van der Waals surface area contributed by atoms with Crippen LogP contribution in [0.3, 0.4) is 0 Å². The number of hydrogen-bond acceptors (Lipinski definition) is 0. The first-order valence-corrected chi connectivity index (χ1v) is 3.28. The minimum absolute atomic E-state index is 0.409. The second-order valence-corrected chi connectivity index (χ2v) is 2.46. The molecule has 0 aliphatic carbocycles. The summed E-state index contributed by atoms with van der Waals surface area (Å²) >= 11 is 0. The van der Waals surface area contributed by atoms with E-state index in [1.165, 1.54) is 0 Å². The van der Waals surface area contributed by atoms with Gasteiger partial charge in [0.25, 0.3) is 0 Å². The highest BCUT2D eigenvalue weighted by Crippen LogP contribution is 2.18. The molecule has 78 valence electrons. The lowest BCUT2D eigenvalue weighted by Crippen LogP contribution is -2.38. The molecule has 0 aromatic heterocycles. The van der Waals surface area contributed by atoms with E-state index in [4.69, 9.17) is 0 Å². The molecule has 0 saturated carbocycles. The maximum absolute atomic E-state index is 12.5. The monoisotopic (exact) mass is 217 g/mol. The van der Waals surface area contributed by atoms with E-state index < -0.39 is 41.8 Å². The fourth-order valence-electron chi connectivity index (χ4n) is 0.829. The number of rotatable bonds is 1. The normalized spacial score (nSPS) is 11.9. The highest BCUT2D eigenvalue weighted by molar-refractivity contribution is 6.73. The van der Waals surface area contributed by atoms with Gasteiger partial charge in [-0.25, -0.2) is 17.6 Å². The number of hydrogen-bond donors (Lipinski definition) is 0. The molecule has 0 unspecified atom stereocenters. The molecule has 0 atom stereocenters. The fourth-order valence-corrected chi connectivity index (χ4v) is 0.829. The van der Waals surface area contributed by atoms with Gasteiger partial charge in [0.05, 0.1) is 0 Å². The van der Waals surface area contributed by atoms with Crippen LogP contribution in [-0.4, -0.2) is 6.98 Å². The van der Waals surface area contributed by atoms with Crippen molar-refractivity contribution in [2.75, 3.05) is 0 Å². The topological polar surface area (TPSA) is 0 Å². The molecule has 0 aliphatic rings. The second-order valence-electron chi connectivity index (χ2n) is 2.46. The van der Waals surface area contributed by atoms with Crippen molar-refractivity contribution in [2.45, 2.75) is 0 Å². The van der Waals surface area contributed by atoms with Gasteiger partial charge in [0.1, 0.15) is 5.82 Å². The zero-order chi connectivity index (χ0) is 11.1. The van der Waals surface area contributed by atoms with Crippen LogP contribution in [0.2, 0.25) is 0 Å². The van der Waals surface area contributed by atoms with Crippen LogP contribution in [0.15, 0.2) is 6.07 Å². The third kappa shape index (κ3) is 1.68. The van der Waals surface area contributed by atoms with E-state index >= 15 is 0 Å². The molecular weight excluding hydrogens is 216 g/mol. The Morgan fingerprint density at radius 2 is 1.29 bits per heavy atom. The third-order valence-electron chi connectivity index (χ3n) is 1.48. The van der Waals surface area contributed by atoms with Crippen molar-refractivity contribution in [3.8, 4) is 0 Å². The van der Waals surface area contributed by atoms with Crippen molar-refractivity contribution in [3.05, 3.63) is 29.3 Å². The SMILES string of the molecule is Fc1cc([B-](F)(F)F)c(F)c(F)c1F. The Morgan fingerprint density at radius 3 is 1.71 bits per heavy atom. The van der Waals surface area contributed by atoms with Crippen molar-refractivity contribution in [1.29, 1.82) is 0 Å². The lowest BCUT2D eigenvalue weighted by molar-refractivity contribution is 0.407. The molecule has 0 spiro atoms. The van der Waals surface area contributed by atoms with E-state index in [0.717, 1.165) is 0 Å². The summed E-state index contributed by atoms with van der Waals surface area (Å²) in [6.45, 7) is -5.90. The van der Waals surface area contributed by atoms with Crippen LogP contribution in [0, 0.1) is 23.3 Å². The van der Waals surface area contributed by atoms with E-state index in [2.05, 4.69) is 0 Å². The maximum Gasteiger partial charge on any atom is 0.512 e. The Bertz CT molecular complexity index is 369. The van der Waals surface area contributed by atoms with Gasteiger partial charge in [0, 0.05) is 0 Å². The Hall–Kier alpha value is -1.21. The van der Waals surface area contributed by atoms with Crippen LogP contribution in [0.5, 0.6) is 0 Å². The van der Waals surface area contributed by atoms with E-state index in [-0.39, 0.29) is 0 Å². The molecule has 0 radical (unpaired) electrons. The average Bonchev–Trinajstić information content (AvgIpc) is 2.06. The molecule has 0 bridgehead atoms. The Kier molecular flexibility index (Phi) is 2.47. The summed E-state index contributed by atoms with van der Waals surface area (Å²) in [6.07, 6.45) is 0. The van der Waals surface area contributed by atoms with Crippen molar-refractivity contribution in [2.24, 2.45) is 0 Å². The van der Waals surface area contributed by atoms with Crippen molar-refractivity contribution in [3.63, 3.8) is 0 Å². The molecule has 0 fully saturated rings. The third-order valence-corrected chi connectivity index (χ3v) is 1.48. The highest BCUT2D eigenvalue weighted by Gasteiger charge is 2.33. The number of halogens is 7. The maximum atomic E-state index is 12.5. The molecule has 1 rings (SSSR count). The van der Waals surface area contributed by atoms with Gasteiger partial charge in [-0.3, -0.25) is 0 Å². The first-order valence-electron chi connectivity index (χ1n) is 3.28. The Morgan fingerprint density at radius 1 is 0.786 bits per heavy atom. The standard InChI is InChI=1S/C6HBF7/c8-3-1-2(7(12,13)14)4(9)6(11)5(3)10/h1H/q-1. The van der Waals surface area contributed by atoms with Gasteiger partial charge in [-0.05, 0) is 6.07 Å². The van der Waals surface area contributed by atoms with Crippen LogP contribution < -0.4 is 5.46 Å². The molecule has 8 heteroatoms. The fraction of sp³-hybridized carbons (Fsp3) is 0. The van der Waals surface area contributed by atoms with Crippen LogP contribution >= 0.6 is 0 Å². The van der Waals surface area contributed by atoms with Crippen LogP contribution in [0.25, 0.3) is 0 Å². The largest absolute Gasteiger partial charge is 0.512 e. The zero-order valence-corrected chi connectivity index (χ0v) is 6.30. The summed E-state index contributed by atoms with van der Waals surface area (Å²) in [6, 6.07) is -0.409. The molecule has 1 aromatic rings. The first-order chi connectivity index (χ1) is 6.25. The lowest BCUT2D eigenvalue weighted by atomic mass is 9.79. The van der Waals surface area contributed by atoms with Crippen LogP contribution in [0.1, 0.15) is 0 Å². The molecule has 0 N–H and O–H groups in total. The highest BCUT2D eigenvalue weighted by atomic mass is 19.4. The molecule has 0 aliphatic heterocycles. The molecular formula is C6HBF7-. The van der Waals surface area contributed by atoms with E-state index in [9.17, 15) is 30.5 Å². The molecule has 0 saturated heterocycles.